The van der Waals surface area contributed by atoms with Gasteiger partial charge in [0.25, 0.3) is 0 Å². The lowest BCUT2D eigenvalue weighted by atomic mass is 9.99. The molecule has 0 fully saturated rings. The van der Waals surface area contributed by atoms with E-state index in [4.69, 9.17) is 0 Å². The molecule has 1 unspecified atom stereocenters. The maximum Gasteiger partial charge on any atom is 0.0444 e. The smallest absolute Gasteiger partial charge is 0.0444 e. The normalized spacial score (nSPS) is 21.1. The van der Waals surface area contributed by atoms with E-state index < -0.39 is 0 Å². The van der Waals surface area contributed by atoms with Gasteiger partial charge in [-0.1, -0.05) is 74.1 Å². The lowest BCUT2D eigenvalue weighted by Gasteiger charge is -2.24. The highest BCUT2D eigenvalue weighted by Gasteiger charge is 2.15. The van der Waals surface area contributed by atoms with Crippen LogP contribution in [-0.2, 0) is 0 Å². The van der Waals surface area contributed by atoms with E-state index in [9.17, 15) is 0 Å². The summed E-state index contributed by atoms with van der Waals surface area (Å²) in [5, 5.41) is 3.65. The van der Waals surface area contributed by atoms with Gasteiger partial charge in [0.1, 0.15) is 0 Å². The molecule has 1 heterocycles. The molecule has 3 rings (SSSR count). The third-order valence-electron chi connectivity index (χ3n) is 3.89. The highest BCUT2D eigenvalue weighted by molar-refractivity contribution is 5.68. The van der Waals surface area contributed by atoms with Crippen LogP contribution in [0.1, 0.15) is 30.9 Å². The predicted octanol–water partition coefficient (Wildman–Crippen LogP) is 4.55. The van der Waals surface area contributed by atoms with E-state index in [1.54, 1.807) is 0 Å². The molecule has 1 heteroatoms. The molecule has 102 valence electrons. The summed E-state index contributed by atoms with van der Waals surface area (Å²) in [5.41, 5.74) is 3.89. The van der Waals surface area contributed by atoms with Gasteiger partial charge >= 0.3 is 0 Å². The largest absolute Gasteiger partial charge is 0.381 e. The topological polar surface area (TPSA) is 12.0 Å². The Morgan fingerprint density at radius 1 is 1.00 bits per heavy atom. The second kappa shape index (κ2) is 5.96. The lowest BCUT2D eigenvalue weighted by molar-refractivity contribution is 0.578. The third kappa shape index (κ3) is 2.77. The summed E-state index contributed by atoms with van der Waals surface area (Å²) in [6.07, 6.45) is 18.1. The van der Waals surface area contributed by atoms with E-state index in [-0.39, 0.29) is 0 Å². The van der Waals surface area contributed by atoms with Crippen LogP contribution < -0.4 is 5.32 Å². The molecule has 1 N–H and O–H groups in total. The van der Waals surface area contributed by atoms with Crippen LogP contribution in [0.25, 0.3) is 12.2 Å². The Bertz CT molecular complexity index is 557. The maximum atomic E-state index is 3.65. The van der Waals surface area contributed by atoms with Crippen LogP contribution in [0.15, 0.2) is 60.3 Å². The lowest BCUT2D eigenvalue weighted by Crippen LogP contribution is -2.30. The van der Waals surface area contributed by atoms with Crippen LogP contribution in [0.5, 0.6) is 0 Å². The SMILES string of the molecule is CCCC1C=CC=C(C2C=Cc3ccccc3C=C2)N1. The molecule has 20 heavy (non-hydrogen) atoms. The first-order valence-corrected chi connectivity index (χ1v) is 7.47. The van der Waals surface area contributed by atoms with Gasteiger partial charge < -0.3 is 5.32 Å². The first kappa shape index (κ1) is 13.0. The Labute approximate surface area is 121 Å². The monoisotopic (exact) mass is 263 g/mol. The molecule has 0 radical (unpaired) electrons. The average molecular weight is 263 g/mol. The molecule has 0 bridgehead atoms. The second-order valence-electron chi connectivity index (χ2n) is 5.42. The Hall–Kier alpha value is -2.02. The zero-order chi connectivity index (χ0) is 13.8. The van der Waals surface area contributed by atoms with Gasteiger partial charge in [-0.3, -0.25) is 0 Å². The van der Waals surface area contributed by atoms with Gasteiger partial charge in [-0.05, 0) is 23.6 Å². The van der Waals surface area contributed by atoms with Crippen LogP contribution in [0.4, 0.5) is 0 Å². The molecule has 0 saturated carbocycles. The molecule has 1 aliphatic carbocycles. The van der Waals surface area contributed by atoms with Crippen molar-refractivity contribution in [2.75, 3.05) is 0 Å². The van der Waals surface area contributed by atoms with Gasteiger partial charge in [0, 0.05) is 17.7 Å². The first-order chi connectivity index (χ1) is 9.86. The number of fused-ring (bicyclic) bond motifs is 1. The summed E-state index contributed by atoms with van der Waals surface area (Å²) in [5.74, 6) is 0.340. The molecule has 0 amide bonds. The highest BCUT2D eigenvalue weighted by Crippen LogP contribution is 2.24. The number of dihydropyridines is 1. The third-order valence-corrected chi connectivity index (χ3v) is 3.89. The summed E-state index contributed by atoms with van der Waals surface area (Å²) in [7, 11) is 0. The van der Waals surface area contributed by atoms with Crippen LogP contribution in [0.3, 0.4) is 0 Å². The molecular weight excluding hydrogens is 242 g/mol. The van der Waals surface area contributed by atoms with Crippen molar-refractivity contribution in [1.29, 1.82) is 0 Å². The number of benzene rings is 1. The Morgan fingerprint density at radius 3 is 2.35 bits per heavy atom. The van der Waals surface area contributed by atoms with Crippen molar-refractivity contribution in [2.24, 2.45) is 5.92 Å². The molecule has 1 aliphatic heterocycles. The molecule has 2 aliphatic rings. The number of allylic oxidation sites excluding steroid dienone is 3. The standard InChI is InChI=1S/C19H21N/c1-2-6-18-9-5-10-19(20-18)17-13-11-15-7-3-4-8-16(15)12-14-17/h3-5,7-14,17-18,20H,2,6H2,1H3. The van der Waals surface area contributed by atoms with Crippen LogP contribution >= 0.6 is 0 Å². The Morgan fingerprint density at radius 2 is 1.70 bits per heavy atom. The van der Waals surface area contributed by atoms with E-state index >= 15 is 0 Å². The zero-order valence-electron chi connectivity index (χ0n) is 11.9. The van der Waals surface area contributed by atoms with E-state index in [1.165, 1.54) is 29.7 Å². The van der Waals surface area contributed by atoms with Crippen molar-refractivity contribution in [3.8, 4) is 0 Å². The quantitative estimate of drug-likeness (QED) is 0.843. The highest BCUT2D eigenvalue weighted by atomic mass is 14.9. The molecular formula is C19H21N. The van der Waals surface area contributed by atoms with Crippen molar-refractivity contribution >= 4 is 12.2 Å². The Kier molecular flexibility index (Phi) is 3.87. The minimum Gasteiger partial charge on any atom is -0.381 e. The van der Waals surface area contributed by atoms with Gasteiger partial charge in [-0.25, -0.2) is 0 Å². The van der Waals surface area contributed by atoms with E-state index in [0.29, 0.717) is 12.0 Å². The number of rotatable bonds is 3. The minimum absolute atomic E-state index is 0.340. The van der Waals surface area contributed by atoms with Crippen LogP contribution in [0.2, 0.25) is 0 Å². The molecule has 1 nitrogen and oxygen atoms in total. The fourth-order valence-corrected chi connectivity index (χ4v) is 2.79. The van der Waals surface area contributed by atoms with Crippen molar-refractivity contribution in [3.05, 3.63) is 71.5 Å². The van der Waals surface area contributed by atoms with E-state index in [1.807, 2.05) is 0 Å². The summed E-state index contributed by atoms with van der Waals surface area (Å²) in [6.45, 7) is 2.23. The maximum absolute atomic E-state index is 3.65. The van der Waals surface area contributed by atoms with Crippen molar-refractivity contribution in [1.82, 2.24) is 5.32 Å². The molecule has 1 atom stereocenters. The summed E-state index contributed by atoms with van der Waals surface area (Å²) in [4.78, 5) is 0. The fraction of sp³-hybridized carbons (Fsp3) is 0.263. The predicted molar refractivity (Wildman–Crippen MR) is 87.1 cm³/mol. The van der Waals surface area contributed by atoms with Crippen molar-refractivity contribution in [3.63, 3.8) is 0 Å². The molecule has 1 aromatic carbocycles. The zero-order valence-corrected chi connectivity index (χ0v) is 11.9. The van der Waals surface area contributed by atoms with Crippen LogP contribution in [0, 0.1) is 5.92 Å². The van der Waals surface area contributed by atoms with Crippen molar-refractivity contribution in [2.45, 2.75) is 25.8 Å². The first-order valence-electron chi connectivity index (χ1n) is 7.47. The number of nitrogens with one attached hydrogen (secondary N) is 1. The summed E-state index contributed by atoms with van der Waals surface area (Å²) in [6, 6.07) is 9.00. The van der Waals surface area contributed by atoms with Gasteiger partial charge in [0.15, 0.2) is 0 Å². The van der Waals surface area contributed by atoms with Gasteiger partial charge in [-0.2, -0.15) is 0 Å². The van der Waals surface area contributed by atoms with Crippen LogP contribution in [-0.4, -0.2) is 6.04 Å². The molecule has 0 saturated heterocycles. The summed E-state index contributed by atoms with van der Waals surface area (Å²) >= 11 is 0. The van der Waals surface area contributed by atoms with Gasteiger partial charge in [0.05, 0.1) is 0 Å². The van der Waals surface area contributed by atoms with Crippen molar-refractivity contribution < 1.29 is 0 Å². The summed E-state index contributed by atoms with van der Waals surface area (Å²) < 4.78 is 0. The number of hydrogen-bond donors (Lipinski definition) is 1. The second-order valence-corrected chi connectivity index (χ2v) is 5.42. The van der Waals surface area contributed by atoms with E-state index in [2.05, 4.69) is 79.0 Å². The van der Waals surface area contributed by atoms with E-state index in [0.717, 1.165) is 0 Å². The fourth-order valence-electron chi connectivity index (χ4n) is 2.79. The average Bonchev–Trinajstić information content (AvgIpc) is 2.70. The Balaban J connectivity index is 1.80. The molecule has 0 spiro atoms. The van der Waals surface area contributed by atoms with Gasteiger partial charge in [-0.15, -0.1) is 0 Å². The molecule has 0 aromatic heterocycles. The number of hydrogen-bond acceptors (Lipinski definition) is 1. The van der Waals surface area contributed by atoms with Gasteiger partial charge in [0.2, 0.25) is 0 Å². The minimum atomic E-state index is 0.340. The molecule has 1 aromatic rings.